The van der Waals surface area contributed by atoms with E-state index in [0.717, 1.165) is 19.7 Å². The number of nitrogens with one attached hydrogen (secondary N) is 1. The fourth-order valence-electron chi connectivity index (χ4n) is 1.44. The topological polar surface area (TPSA) is 24.5 Å². The van der Waals surface area contributed by atoms with Crippen molar-refractivity contribution in [2.75, 3.05) is 40.4 Å². The molecule has 1 heterocycles. The van der Waals surface area contributed by atoms with Crippen LogP contribution < -0.4 is 5.32 Å². The molecule has 1 saturated heterocycles. The average Bonchev–Trinajstić information content (AvgIpc) is 2.18. The molecular weight excluding hydrogens is 140 g/mol. The quantitative estimate of drug-likeness (QED) is 0.608. The van der Waals surface area contributed by atoms with Gasteiger partial charge in [-0.1, -0.05) is 0 Å². The normalized spacial score (nSPS) is 28.4. The summed E-state index contributed by atoms with van der Waals surface area (Å²) in [4.78, 5) is 2.36. The average molecular weight is 158 g/mol. The molecule has 0 saturated carbocycles. The number of rotatable bonds is 2. The molecule has 1 aliphatic heterocycles. The van der Waals surface area contributed by atoms with Crippen molar-refractivity contribution >= 4 is 0 Å². The van der Waals surface area contributed by atoms with Crippen molar-refractivity contribution in [3.05, 3.63) is 0 Å². The highest BCUT2D eigenvalue weighted by molar-refractivity contribution is 4.74. The molecular formula is C8H18N2O. The molecule has 1 atom stereocenters. The van der Waals surface area contributed by atoms with Gasteiger partial charge < -0.3 is 10.1 Å². The van der Waals surface area contributed by atoms with Gasteiger partial charge in [0.1, 0.15) is 0 Å². The Morgan fingerprint density at radius 2 is 2.45 bits per heavy atom. The first-order valence-electron chi connectivity index (χ1n) is 4.24. The van der Waals surface area contributed by atoms with Crippen molar-refractivity contribution in [1.29, 1.82) is 0 Å². The van der Waals surface area contributed by atoms with Crippen molar-refractivity contribution in [1.82, 2.24) is 10.2 Å². The lowest BCUT2D eigenvalue weighted by molar-refractivity contribution is 0.113. The molecule has 1 unspecified atom stereocenters. The second-order valence-electron chi connectivity index (χ2n) is 3.15. The van der Waals surface area contributed by atoms with Gasteiger partial charge in [0.2, 0.25) is 0 Å². The largest absolute Gasteiger partial charge is 0.383 e. The maximum Gasteiger partial charge on any atom is 0.0630 e. The van der Waals surface area contributed by atoms with E-state index in [2.05, 4.69) is 17.3 Å². The van der Waals surface area contributed by atoms with Gasteiger partial charge >= 0.3 is 0 Å². The van der Waals surface area contributed by atoms with Crippen LogP contribution in [0.1, 0.15) is 6.42 Å². The Labute approximate surface area is 68.7 Å². The van der Waals surface area contributed by atoms with Crippen LogP contribution in [0, 0.1) is 0 Å². The molecule has 1 rings (SSSR count). The van der Waals surface area contributed by atoms with E-state index in [1.165, 1.54) is 13.0 Å². The van der Waals surface area contributed by atoms with E-state index < -0.39 is 0 Å². The third-order valence-electron chi connectivity index (χ3n) is 2.23. The fourth-order valence-corrected chi connectivity index (χ4v) is 1.44. The van der Waals surface area contributed by atoms with E-state index in [9.17, 15) is 0 Å². The number of ether oxygens (including phenoxy) is 1. The van der Waals surface area contributed by atoms with Crippen LogP contribution in [-0.4, -0.2) is 51.3 Å². The standard InChI is InChI=1S/C8H18N2O/c1-10-5-3-4-9-6-8(10)7-11-2/h8-9H,3-7H2,1-2H3. The Kier molecular flexibility index (Phi) is 3.83. The highest BCUT2D eigenvalue weighted by atomic mass is 16.5. The van der Waals surface area contributed by atoms with E-state index in [4.69, 9.17) is 4.74 Å². The third kappa shape index (κ3) is 2.77. The van der Waals surface area contributed by atoms with E-state index in [1.807, 2.05) is 0 Å². The molecule has 0 radical (unpaired) electrons. The smallest absolute Gasteiger partial charge is 0.0630 e. The first kappa shape index (κ1) is 8.97. The summed E-state index contributed by atoms with van der Waals surface area (Å²) in [7, 11) is 3.93. The van der Waals surface area contributed by atoms with Gasteiger partial charge in [0.25, 0.3) is 0 Å². The predicted molar refractivity (Wildman–Crippen MR) is 45.8 cm³/mol. The van der Waals surface area contributed by atoms with Crippen LogP contribution in [0.15, 0.2) is 0 Å². The maximum absolute atomic E-state index is 5.13. The molecule has 0 bridgehead atoms. The van der Waals surface area contributed by atoms with Crippen molar-refractivity contribution in [3.8, 4) is 0 Å². The van der Waals surface area contributed by atoms with Gasteiger partial charge in [-0.2, -0.15) is 0 Å². The minimum atomic E-state index is 0.558. The highest BCUT2D eigenvalue weighted by Gasteiger charge is 2.15. The summed E-state index contributed by atoms with van der Waals surface area (Å²) in [6.07, 6.45) is 1.25. The Balaban J connectivity index is 2.32. The van der Waals surface area contributed by atoms with Gasteiger partial charge in [0.05, 0.1) is 6.61 Å². The molecule has 0 aromatic heterocycles. The molecule has 0 aromatic rings. The van der Waals surface area contributed by atoms with Crippen LogP contribution in [0.25, 0.3) is 0 Å². The first-order chi connectivity index (χ1) is 5.34. The van der Waals surface area contributed by atoms with Crippen molar-refractivity contribution in [3.63, 3.8) is 0 Å². The molecule has 3 nitrogen and oxygen atoms in total. The van der Waals surface area contributed by atoms with E-state index in [-0.39, 0.29) is 0 Å². The van der Waals surface area contributed by atoms with Crippen molar-refractivity contribution < 1.29 is 4.74 Å². The van der Waals surface area contributed by atoms with E-state index in [0.29, 0.717) is 6.04 Å². The minimum Gasteiger partial charge on any atom is -0.383 e. The fraction of sp³-hybridized carbons (Fsp3) is 1.00. The second-order valence-corrected chi connectivity index (χ2v) is 3.15. The van der Waals surface area contributed by atoms with Crippen LogP contribution >= 0.6 is 0 Å². The number of likely N-dealkylation sites (N-methyl/N-ethyl adjacent to an activating group) is 1. The van der Waals surface area contributed by atoms with Crippen molar-refractivity contribution in [2.45, 2.75) is 12.5 Å². The number of hydrogen-bond donors (Lipinski definition) is 1. The van der Waals surface area contributed by atoms with Gasteiger partial charge in [-0.15, -0.1) is 0 Å². The van der Waals surface area contributed by atoms with Gasteiger partial charge in [-0.25, -0.2) is 0 Å². The molecule has 66 valence electrons. The molecule has 0 aliphatic carbocycles. The van der Waals surface area contributed by atoms with E-state index >= 15 is 0 Å². The van der Waals surface area contributed by atoms with Crippen LogP contribution in [0.3, 0.4) is 0 Å². The molecule has 1 aliphatic rings. The Hall–Kier alpha value is -0.120. The maximum atomic E-state index is 5.13. The summed E-state index contributed by atoms with van der Waals surface area (Å²) in [5.41, 5.74) is 0. The second kappa shape index (κ2) is 4.70. The summed E-state index contributed by atoms with van der Waals surface area (Å²) >= 11 is 0. The number of nitrogens with zero attached hydrogens (tertiary/aromatic N) is 1. The van der Waals surface area contributed by atoms with Crippen LogP contribution in [-0.2, 0) is 4.74 Å². The zero-order chi connectivity index (χ0) is 8.10. The van der Waals surface area contributed by atoms with Gasteiger partial charge in [-0.3, -0.25) is 4.90 Å². The molecule has 0 aromatic carbocycles. The molecule has 1 fully saturated rings. The van der Waals surface area contributed by atoms with E-state index in [1.54, 1.807) is 7.11 Å². The van der Waals surface area contributed by atoms with Crippen molar-refractivity contribution in [2.24, 2.45) is 0 Å². The molecule has 1 N–H and O–H groups in total. The van der Waals surface area contributed by atoms with Crippen LogP contribution in [0.4, 0.5) is 0 Å². The van der Waals surface area contributed by atoms with Gasteiger partial charge in [0.15, 0.2) is 0 Å². The molecule has 11 heavy (non-hydrogen) atoms. The zero-order valence-corrected chi connectivity index (χ0v) is 7.47. The summed E-state index contributed by atoms with van der Waals surface area (Å²) in [5.74, 6) is 0. The minimum absolute atomic E-state index is 0.558. The van der Waals surface area contributed by atoms with Gasteiger partial charge in [0, 0.05) is 19.7 Å². The lowest BCUT2D eigenvalue weighted by Crippen LogP contribution is -2.40. The predicted octanol–water partition coefficient (Wildman–Crippen LogP) is -0.0735. The summed E-state index contributed by atoms with van der Waals surface area (Å²) < 4.78 is 5.13. The van der Waals surface area contributed by atoms with Gasteiger partial charge in [-0.05, 0) is 26.6 Å². The lowest BCUT2D eigenvalue weighted by atomic mass is 10.3. The molecule has 0 spiro atoms. The summed E-state index contributed by atoms with van der Waals surface area (Å²) in [6, 6.07) is 0.558. The lowest BCUT2D eigenvalue weighted by Gasteiger charge is -2.24. The summed E-state index contributed by atoms with van der Waals surface area (Å²) in [5, 5.41) is 3.39. The Morgan fingerprint density at radius 3 is 3.18 bits per heavy atom. The molecule has 0 amide bonds. The summed E-state index contributed by atoms with van der Waals surface area (Å²) in [6.45, 7) is 4.22. The van der Waals surface area contributed by atoms with Crippen LogP contribution in [0.5, 0.6) is 0 Å². The number of hydrogen-bond acceptors (Lipinski definition) is 3. The third-order valence-corrected chi connectivity index (χ3v) is 2.23. The highest BCUT2D eigenvalue weighted by Crippen LogP contribution is 2.00. The SMILES string of the molecule is COCC1CNCCCN1C. The Morgan fingerprint density at radius 1 is 1.64 bits per heavy atom. The van der Waals surface area contributed by atoms with Crippen LogP contribution in [0.2, 0.25) is 0 Å². The number of methoxy groups -OCH3 is 1. The zero-order valence-electron chi connectivity index (χ0n) is 7.47. The first-order valence-corrected chi connectivity index (χ1v) is 4.24. The Bertz CT molecular complexity index is 108. The monoisotopic (exact) mass is 158 g/mol. The molecule has 3 heteroatoms.